The summed E-state index contributed by atoms with van der Waals surface area (Å²) in [6.45, 7) is 1.94. The average molecular weight is 336 g/mol. The predicted octanol–water partition coefficient (Wildman–Crippen LogP) is 3.85. The molecule has 2 aromatic carbocycles. The summed E-state index contributed by atoms with van der Waals surface area (Å²) in [7, 11) is 0. The van der Waals surface area contributed by atoms with Crippen LogP contribution in [-0.2, 0) is 6.54 Å². The van der Waals surface area contributed by atoms with Gasteiger partial charge in [-0.3, -0.25) is 0 Å². The minimum absolute atomic E-state index is 0.0167. The molecule has 0 spiro atoms. The number of para-hydroxylation sites is 1. The topological polar surface area (TPSA) is 111 Å². The molecule has 0 unspecified atom stereocenters. The number of aromatic hydroxyl groups is 3. The number of azo groups is 1. The quantitative estimate of drug-likeness (QED) is 0.627. The average Bonchev–Trinajstić information content (AvgIpc) is 2.57. The van der Waals surface area contributed by atoms with Crippen molar-refractivity contribution in [3.8, 4) is 28.6 Å². The third kappa shape index (κ3) is 3.89. The monoisotopic (exact) mass is 336 g/mol. The normalized spacial score (nSPS) is 11.1. The van der Waals surface area contributed by atoms with Gasteiger partial charge in [-0.15, -0.1) is 5.11 Å². The van der Waals surface area contributed by atoms with Crippen molar-refractivity contribution in [2.24, 2.45) is 10.2 Å². The Hall–Kier alpha value is -3.48. The van der Waals surface area contributed by atoms with Gasteiger partial charge < -0.3 is 15.3 Å². The molecule has 126 valence electrons. The number of benzene rings is 2. The van der Waals surface area contributed by atoms with Crippen molar-refractivity contribution in [2.45, 2.75) is 13.5 Å². The second-order valence-electron chi connectivity index (χ2n) is 5.42. The number of nitrogens with zero attached hydrogens (tertiary/aromatic N) is 4. The molecule has 0 atom stereocenters. The van der Waals surface area contributed by atoms with E-state index >= 15 is 0 Å². The summed E-state index contributed by atoms with van der Waals surface area (Å²) in [5, 5.41) is 37.1. The highest BCUT2D eigenvalue weighted by molar-refractivity contribution is 5.64. The van der Waals surface area contributed by atoms with Gasteiger partial charge in [-0.05, 0) is 31.2 Å². The van der Waals surface area contributed by atoms with Gasteiger partial charge in [0.15, 0.2) is 11.6 Å². The molecule has 0 saturated carbocycles. The van der Waals surface area contributed by atoms with Crippen molar-refractivity contribution >= 4 is 5.82 Å². The number of rotatable bonds is 4. The van der Waals surface area contributed by atoms with Crippen molar-refractivity contribution in [1.82, 2.24) is 9.97 Å². The highest BCUT2D eigenvalue weighted by Gasteiger charge is 2.09. The van der Waals surface area contributed by atoms with Crippen molar-refractivity contribution in [1.29, 1.82) is 0 Å². The third-order valence-corrected chi connectivity index (χ3v) is 3.47. The molecule has 3 rings (SSSR count). The first-order valence-corrected chi connectivity index (χ1v) is 7.55. The van der Waals surface area contributed by atoms with Crippen LogP contribution < -0.4 is 0 Å². The van der Waals surface area contributed by atoms with Gasteiger partial charge in [0.1, 0.15) is 17.2 Å². The summed E-state index contributed by atoms with van der Waals surface area (Å²) in [5.74, 6) is 0.734. The van der Waals surface area contributed by atoms with Gasteiger partial charge in [0.25, 0.3) is 0 Å². The Kier molecular flexibility index (Phi) is 4.56. The molecular formula is C18H16N4O3. The van der Waals surface area contributed by atoms with Crippen LogP contribution in [0.25, 0.3) is 11.4 Å². The maximum Gasteiger partial charge on any atom is 0.177 e. The van der Waals surface area contributed by atoms with Crippen molar-refractivity contribution in [2.75, 3.05) is 0 Å². The molecule has 1 heterocycles. The fourth-order valence-electron chi connectivity index (χ4n) is 2.26. The first-order chi connectivity index (χ1) is 12.0. The zero-order valence-electron chi connectivity index (χ0n) is 13.5. The van der Waals surface area contributed by atoms with Crippen LogP contribution in [0.2, 0.25) is 0 Å². The fourth-order valence-corrected chi connectivity index (χ4v) is 2.26. The summed E-state index contributed by atoms with van der Waals surface area (Å²) in [5.41, 5.74) is 1.74. The van der Waals surface area contributed by atoms with E-state index in [4.69, 9.17) is 0 Å². The van der Waals surface area contributed by atoms with Crippen LogP contribution in [0.1, 0.15) is 11.3 Å². The lowest BCUT2D eigenvalue weighted by atomic mass is 10.2. The van der Waals surface area contributed by atoms with Crippen LogP contribution >= 0.6 is 0 Å². The molecule has 3 N–H and O–H groups in total. The van der Waals surface area contributed by atoms with E-state index in [2.05, 4.69) is 20.2 Å². The van der Waals surface area contributed by atoms with Crippen LogP contribution in [0.3, 0.4) is 0 Å². The Balaban J connectivity index is 1.84. The van der Waals surface area contributed by atoms with E-state index in [1.807, 2.05) is 0 Å². The van der Waals surface area contributed by atoms with E-state index in [1.54, 1.807) is 43.3 Å². The van der Waals surface area contributed by atoms with Crippen LogP contribution in [0.15, 0.2) is 58.8 Å². The van der Waals surface area contributed by atoms with E-state index in [9.17, 15) is 15.3 Å². The van der Waals surface area contributed by atoms with Gasteiger partial charge in [0.2, 0.25) is 0 Å². The Morgan fingerprint density at radius 2 is 1.72 bits per heavy atom. The number of hydrogen-bond donors (Lipinski definition) is 3. The second kappa shape index (κ2) is 6.96. The van der Waals surface area contributed by atoms with Gasteiger partial charge in [0, 0.05) is 23.4 Å². The standard InChI is InChI=1S/C18H16N4O3/c1-11-8-17(21-18(20-11)14-4-2-3-5-15(14)24)22-19-10-12-6-7-13(23)9-16(12)25/h2-9,23-25H,10H2,1H3. The Labute approximate surface area is 144 Å². The summed E-state index contributed by atoms with van der Waals surface area (Å²) in [6.07, 6.45) is 0. The fraction of sp³-hybridized carbons (Fsp3) is 0.111. The van der Waals surface area contributed by atoms with Crippen LogP contribution in [0.5, 0.6) is 17.2 Å². The SMILES string of the molecule is Cc1cc(N=NCc2ccc(O)cc2O)nc(-c2ccccc2O)n1. The van der Waals surface area contributed by atoms with Crippen LogP contribution in [0.4, 0.5) is 5.82 Å². The first kappa shape index (κ1) is 16.4. The van der Waals surface area contributed by atoms with Crippen molar-refractivity contribution in [3.05, 3.63) is 59.8 Å². The Morgan fingerprint density at radius 3 is 2.48 bits per heavy atom. The smallest absolute Gasteiger partial charge is 0.177 e. The maximum absolute atomic E-state index is 9.94. The summed E-state index contributed by atoms with van der Waals surface area (Å²) in [4.78, 5) is 8.61. The number of aromatic nitrogens is 2. The molecule has 0 radical (unpaired) electrons. The van der Waals surface area contributed by atoms with Gasteiger partial charge in [0.05, 0.1) is 12.1 Å². The van der Waals surface area contributed by atoms with Crippen molar-refractivity contribution in [3.63, 3.8) is 0 Å². The molecule has 0 saturated heterocycles. The van der Waals surface area contributed by atoms with Crippen LogP contribution in [0, 0.1) is 6.92 Å². The summed E-state index contributed by atoms with van der Waals surface area (Å²) in [6, 6.07) is 12.8. The van der Waals surface area contributed by atoms with E-state index in [0.29, 0.717) is 28.5 Å². The van der Waals surface area contributed by atoms with E-state index in [-0.39, 0.29) is 23.8 Å². The third-order valence-electron chi connectivity index (χ3n) is 3.47. The highest BCUT2D eigenvalue weighted by atomic mass is 16.3. The van der Waals surface area contributed by atoms with Gasteiger partial charge >= 0.3 is 0 Å². The van der Waals surface area contributed by atoms with Gasteiger partial charge in [-0.25, -0.2) is 9.97 Å². The minimum Gasteiger partial charge on any atom is -0.508 e. The van der Waals surface area contributed by atoms with Crippen molar-refractivity contribution < 1.29 is 15.3 Å². The molecule has 0 aliphatic rings. The number of aryl methyl sites for hydroxylation is 1. The molecule has 0 aliphatic heterocycles. The lowest BCUT2D eigenvalue weighted by molar-refractivity contribution is 0.446. The molecule has 7 heteroatoms. The van der Waals surface area contributed by atoms with E-state index in [1.165, 1.54) is 12.1 Å². The first-order valence-electron chi connectivity index (χ1n) is 7.55. The Morgan fingerprint density at radius 1 is 0.920 bits per heavy atom. The maximum atomic E-state index is 9.94. The van der Waals surface area contributed by atoms with Crippen LogP contribution in [-0.4, -0.2) is 25.3 Å². The van der Waals surface area contributed by atoms with E-state index < -0.39 is 0 Å². The summed E-state index contributed by atoms with van der Waals surface area (Å²) < 4.78 is 0. The van der Waals surface area contributed by atoms with E-state index in [0.717, 1.165) is 0 Å². The zero-order valence-corrected chi connectivity index (χ0v) is 13.5. The molecular weight excluding hydrogens is 320 g/mol. The molecule has 0 bridgehead atoms. The molecule has 3 aromatic rings. The Bertz CT molecular complexity index is 941. The number of phenolic OH excluding ortho intramolecular Hbond substituents is 3. The lowest BCUT2D eigenvalue weighted by Gasteiger charge is -2.05. The molecule has 0 amide bonds. The largest absolute Gasteiger partial charge is 0.508 e. The summed E-state index contributed by atoms with van der Waals surface area (Å²) >= 11 is 0. The molecule has 0 aliphatic carbocycles. The predicted molar refractivity (Wildman–Crippen MR) is 91.9 cm³/mol. The molecule has 7 nitrogen and oxygen atoms in total. The molecule has 1 aromatic heterocycles. The lowest BCUT2D eigenvalue weighted by Crippen LogP contribution is -1.92. The van der Waals surface area contributed by atoms with Gasteiger partial charge in [-0.1, -0.05) is 12.1 Å². The van der Waals surface area contributed by atoms with Gasteiger partial charge in [-0.2, -0.15) is 5.11 Å². The second-order valence-corrected chi connectivity index (χ2v) is 5.42. The highest BCUT2D eigenvalue weighted by Crippen LogP contribution is 2.28. The molecule has 25 heavy (non-hydrogen) atoms. The zero-order chi connectivity index (χ0) is 17.8. The number of hydrogen-bond acceptors (Lipinski definition) is 7. The number of phenols is 3. The molecule has 0 fully saturated rings. The minimum atomic E-state index is -0.0484.